The summed E-state index contributed by atoms with van der Waals surface area (Å²) in [5.74, 6) is 0.246. The lowest BCUT2D eigenvalue weighted by Gasteiger charge is -2.20. The van der Waals surface area contributed by atoms with E-state index >= 15 is 0 Å². The molecule has 1 saturated carbocycles. The van der Waals surface area contributed by atoms with Crippen molar-refractivity contribution in [2.75, 3.05) is 12.4 Å². The van der Waals surface area contributed by atoms with Gasteiger partial charge in [0.2, 0.25) is 0 Å². The SMILES string of the molecule is CCc1cc(C(F)(F)F)c(OCc2c(NC(=S)OC)cccc2C2CC2)cc1C. The third-order valence-corrected chi connectivity index (χ3v) is 5.42. The maximum Gasteiger partial charge on any atom is 0.419 e. The van der Waals surface area contributed by atoms with Gasteiger partial charge in [0.05, 0.1) is 12.7 Å². The number of hydrogen-bond donors (Lipinski definition) is 1. The summed E-state index contributed by atoms with van der Waals surface area (Å²) in [7, 11) is 1.46. The Balaban J connectivity index is 1.95. The normalized spacial score (nSPS) is 13.9. The fraction of sp³-hybridized carbons (Fsp3) is 0.409. The number of hydrogen-bond acceptors (Lipinski definition) is 3. The number of thiocarbonyl (C=S) groups is 1. The predicted octanol–water partition coefficient (Wildman–Crippen LogP) is 6.38. The van der Waals surface area contributed by atoms with Crippen molar-refractivity contribution in [3.8, 4) is 5.75 Å². The highest BCUT2D eigenvalue weighted by molar-refractivity contribution is 7.80. The topological polar surface area (TPSA) is 30.5 Å². The molecule has 0 bridgehead atoms. The molecule has 0 aliphatic heterocycles. The van der Waals surface area contributed by atoms with E-state index in [-0.39, 0.29) is 17.5 Å². The lowest BCUT2D eigenvalue weighted by Crippen LogP contribution is -2.15. The molecule has 1 fully saturated rings. The van der Waals surface area contributed by atoms with Crippen LogP contribution in [0.25, 0.3) is 0 Å². The Hall–Kier alpha value is -2.28. The van der Waals surface area contributed by atoms with E-state index in [2.05, 4.69) is 5.32 Å². The number of benzene rings is 2. The van der Waals surface area contributed by atoms with Gasteiger partial charge in [0.15, 0.2) is 0 Å². The zero-order valence-electron chi connectivity index (χ0n) is 16.7. The van der Waals surface area contributed by atoms with E-state index in [4.69, 9.17) is 21.7 Å². The molecule has 0 radical (unpaired) electrons. The Morgan fingerprint density at radius 3 is 2.55 bits per heavy atom. The third kappa shape index (κ3) is 5.01. The van der Waals surface area contributed by atoms with Crippen molar-refractivity contribution in [3.63, 3.8) is 0 Å². The van der Waals surface area contributed by atoms with Gasteiger partial charge >= 0.3 is 6.18 Å². The highest BCUT2D eigenvalue weighted by atomic mass is 32.1. The number of alkyl halides is 3. The number of halogens is 3. The number of methoxy groups -OCH3 is 1. The average molecular weight is 424 g/mol. The summed E-state index contributed by atoms with van der Waals surface area (Å²) in [4.78, 5) is 0. The summed E-state index contributed by atoms with van der Waals surface area (Å²) in [6, 6.07) is 8.39. The zero-order chi connectivity index (χ0) is 21.2. The largest absolute Gasteiger partial charge is 0.488 e. The molecule has 0 aromatic heterocycles. The molecule has 29 heavy (non-hydrogen) atoms. The minimum absolute atomic E-state index is 0.00925. The van der Waals surface area contributed by atoms with Gasteiger partial charge in [-0.25, -0.2) is 0 Å². The molecule has 1 aliphatic carbocycles. The molecule has 1 N–H and O–H groups in total. The van der Waals surface area contributed by atoms with Crippen LogP contribution in [-0.4, -0.2) is 12.3 Å². The highest BCUT2D eigenvalue weighted by Gasteiger charge is 2.35. The van der Waals surface area contributed by atoms with Crippen LogP contribution in [0.3, 0.4) is 0 Å². The molecule has 7 heteroatoms. The fourth-order valence-electron chi connectivity index (χ4n) is 3.42. The van der Waals surface area contributed by atoms with Crippen LogP contribution in [0.1, 0.15) is 53.5 Å². The van der Waals surface area contributed by atoms with Crippen LogP contribution < -0.4 is 10.1 Å². The Kier molecular flexibility index (Phi) is 6.36. The molecule has 1 aliphatic rings. The molecule has 156 valence electrons. The number of aryl methyl sites for hydroxylation is 2. The van der Waals surface area contributed by atoms with Crippen LogP contribution in [-0.2, 0) is 23.9 Å². The summed E-state index contributed by atoms with van der Waals surface area (Å²) in [6.07, 6.45) is -1.84. The average Bonchev–Trinajstić information content (AvgIpc) is 3.50. The van der Waals surface area contributed by atoms with Crippen LogP contribution in [0.4, 0.5) is 18.9 Å². The van der Waals surface area contributed by atoms with Crippen molar-refractivity contribution in [1.82, 2.24) is 0 Å². The second-order valence-corrected chi connectivity index (χ2v) is 7.55. The monoisotopic (exact) mass is 423 g/mol. The molecule has 0 atom stereocenters. The van der Waals surface area contributed by atoms with Crippen LogP contribution in [0.15, 0.2) is 30.3 Å². The van der Waals surface area contributed by atoms with Gasteiger partial charge in [-0.1, -0.05) is 19.1 Å². The lowest BCUT2D eigenvalue weighted by atomic mass is 10.0. The standard InChI is InChI=1S/C22H24F3NO2S/c1-4-14-11-18(22(23,24)25)20(10-13(14)2)28-12-17-16(15-8-9-15)6-5-7-19(17)26-21(29)27-3/h5-7,10-11,15H,4,8-9,12H2,1-3H3,(H,26,29). The first kappa shape index (κ1) is 21.4. The Bertz CT molecular complexity index is 908. The van der Waals surface area contributed by atoms with Crippen LogP contribution in [0.2, 0.25) is 0 Å². The van der Waals surface area contributed by atoms with Crippen LogP contribution in [0, 0.1) is 6.92 Å². The minimum atomic E-state index is -4.48. The summed E-state index contributed by atoms with van der Waals surface area (Å²) < 4.78 is 51.6. The molecule has 3 rings (SSSR count). The summed E-state index contributed by atoms with van der Waals surface area (Å²) in [5, 5.41) is 3.19. The number of ether oxygens (including phenoxy) is 2. The molecule has 0 unspecified atom stereocenters. The summed E-state index contributed by atoms with van der Waals surface area (Å²) in [5.41, 5.74) is 3.27. The van der Waals surface area contributed by atoms with Crippen molar-refractivity contribution in [2.45, 2.75) is 51.8 Å². The number of anilines is 1. The summed E-state index contributed by atoms with van der Waals surface area (Å²) >= 11 is 5.09. The highest BCUT2D eigenvalue weighted by Crippen LogP contribution is 2.44. The molecule has 2 aromatic carbocycles. The Morgan fingerprint density at radius 1 is 1.24 bits per heavy atom. The second-order valence-electron chi connectivity index (χ2n) is 7.18. The van der Waals surface area contributed by atoms with E-state index in [0.717, 1.165) is 29.5 Å². The molecular formula is C22H24F3NO2S. The van der Waals surface area contributed by atoms with Crippen LogP contribution >= 0.6 is 12.2 Å². The molecule has 0 spiro atoms. The lowest BCUT2D eigenvalue weighted by molar-refractivity contribution is -0.139. The van der Waals surface area contributed by atoms with Crippen molar-refractivity contribution in [2.24, 2.45) is 0 Å². The number of nitrogens with one attached hydrogen (secondary N) is 1. The quantitative estimate of drug-likeness (QED) is 0.547. The smallest absolute Gasteiger partial charge is 0.419 e. The number of rotatable bonds is 6. The maximum atomic E-state index is 13.6. The van der Waals surface area contributed by atoms with Gasteiger partial charge < -0.3 is 14.8 Å². The van der Waals surface area contributed by atoms with Crippen LogP contribution in [0.5, 0.6) is 5.75 Å². The van der Waals surface area contributed by atoms with Crippen molar-refractivity contribution >= 4 is 23.1 Å². The Labute approximate surface area is 174 Å². The van der Waals surface area contributed by atoms with Gasteiger partial charge in [-0.2, -0.15) is 13.2 Å². The first-order valence-corrected chi connectivity index (χ1v) is 9.95. The predicted molar refractivity (Wildman–Crippen MR) is 112 cm³/mol. The van der Waals surface area contributed by atoms with E-state index in [1.54, 1.807) is 6.92 Å². The van der Waals surface area contributed by atoms with E-state index < -0.39 is 11.7 Å². The molecule has 3 nitrogen and oxygen atoms in total. The molecular weight excluding hydrogens is 399 g/mol. The van der Waals surface area contributed by atoms with E-state index in [9.17, 15) is 13.2 Å². The van der Waals surface area contributed by atoms with Crippen molar-refractivity contribution in [1.29, 1.82) is 0 Å². The van der Waals surface area contributed by atoms with Crippen molar-refractivity contribution < 1.29 is 22.6 Å². The van der Waals surface area contributed by atoms with E-state index in [1.165, 1.54) is 19.2 Å². The van der Waals surface area contributed by atoms with Gasteiger partial charge in [0.25, 0.3) is 5.17 Å². The second kappa shape index (κ2) is 8.61. The molecule has 0 saturated heterocycles. The molecule has 0 heterocycles. The van der Waals surface area contributed by atoms with Gasteiger partial charge in [0, 0.05) is 11.3 Å². The van der Waals surface area contributed by atoms with E-state index in [0.29, 0.717) is 23.6 Å². The minimum Gasteiger partial charge on any atom is -0.488 e. The first-order chi connectivity index (χ1) is 13.7. The zero-order valence-corrected chi connectivity index (χ0v) is 17.5. The maximum absolute atomic E-state index is 13.6. The van der Waals surface area contributed by atoms with Gasteiger partial charge in [-0.3, -0.25) is 0 Å². The summed E-state index contributed by atoms with van der Waals surface area (Å²) in [6.45, 7) is 3.65. The molecule has 2 aromatic rings. The van der Waals surface area contributed by atoms with E-state index in [1.807, 2.05) is 25.1 Å². The fourth-order valence-corrected chi connectivity index (χ4v) is 3.53. The third-order valence-electron chi connectivity index (χ3n) is 5.15. The van der Waals surface area contributed by atoms with Gasteiger partial charge in [-0.15, -0.1) is 0 Å². The Morgan fingerprint density at radius 2 is 1.97 bits per heavy atom. The molecule has 0 amide bonds. The van der Waals surface area contributed by atoms with Gasteiger partial charge in [-0.05, 0) is 79.2 Å². The first-order valence-electron chi connectivity index (χ1n) is 9.54. The van der Waals surface area contributed by atoms with Gasteiger partial charge in [0.1, 0.15) is 12.4 Å². The van der Waals surface area contributed by atoms with Crippen molar-refractivity contribution in [3.05, 3.63) is 58.1 Å².